The van der Waals surface area contributed by atoms with Gasteiger partial charge in [0.1, 0.15) is 29.9 Å². The monoisotopic (exact) mass is 608 g/mol. The van der Waals surface area contributed by atoms with Crippen LogP contribution in [0, 0.1) is 0 Å². The van der Waals surface area contributed by atoms with Gasteiger partial charge in [-0.2, -0.15) is 13.8 Å². The van der Waals surface area contributed by atoms with Gasteiger partial charge in [0.05, 0.1) is 0 Å². The highest BCUT2D eigenvalue weighted by molar-refractivity contribution is 8.00. The fourth-order valence-corrected chi connectivity index (χ4v) is 6.73. The minimum Gasteiger partial charge on any atom is -0.477 e. The van der Waals surface area contributed by atoms with E-state index in [-0.39, 0.29) is 22.4 Å². The predicted molar refractivity (Wildman–Crippen MR) is 141 cm³/mol. The average Bonchev–Trinajstić information content (AvgIpc) is 3.63. The highest BCUT2D eigenvalue weighted by atomic mass is 32.2. The van der Waals surface area contributed by atoms with Gasteiger partial charge in [-0.15, -0.1) is 11.8 Å². The fraction of sp³-hybridized carbons (Fsp3) is 0.238. The number of primary amides is 1. The molecule has 3 aromatic rings. The second-order valence-corrected chi connectivity index (χ2v) is 11.0. The van der Waals surface area contributed by atoms with Crippen molar-refractivity contribution in [2.75, 3.05) is 18.3 Å². The number of fused-ring (bicyclic) bond motifs is 2. The molecule has 3 aromatic heterocycles. The maximum absolute atomic E-state index is 13.0. The molecule has 5 rings (SSSR count). The summed E-state index contributed by atoms with van der Waals surface area (Å²) in [6, 6.07) is -1.08. The van der Waals surface area contributed by atoms with Crippen molar-refractivity contribution in [2.45, 2.75) is 18.0 Å². The van der Waals surface area contributed by atoms with E-state index in [0.717, 1.165) is 21.3 Å². The summed E-state index contributed by atoms with van der Waals surface area (Å²) >= 11 is 3.40. The summed E-state index contributed by atoms with van der Waals surface area (Å²) in [6.07, 6.45) is 6.87. The number of carbonyl (C=O) groups is 4. The number of alkyl halides is 1. The van der Waals surface area contributed by atoms with Gasteiger partial charge < -0.3 is 26.7 Å². The summed E-state index contributed by atoms with van der Waals surface area (Å²) in [7, 11) is 0. The number of carboxylic acid groups (broad SMARTS) is 1. The lowest BCUT2D eigenvalue weighted by atomic mass is 10.0. The number of nitrogens with two attached hydrogens (primary N) is 2. The number of carboxylic acids is 1. The summed E-state index contributed by atoms with van der Waals surface area (Å²) in [5.41, 5.74) is 11.0. The minimum absolute atomic E-state index is 0.0343. The van der Waals surface area contributed by atoms with E-state index in [4.69, 9.17) is 11.5 Å². The number of anilines is 1. The summed E-state index contributed by atoms with van der Waals surface area (Å²) in [4.78, 5) is 59.6. The van der Waals surface area contributed by atoms with Gasteiger partial charge in [-0.1, -0.05) is 22.6 Å². The molecule has 208 valence electrons. The highest BCUT2D eigenvalue weighted by Crippen LogP contribution is 2.40. The normalized spacial score (nSPS) is 19.2. The molecule has 0 bridgehead atoms. The Morgan fingerprint density at radius 1 is 1.40 bits per heavy atom. The zero-order valence-corrected chi connectivity index (χ0v) is 22.5. The molecule has 5 heterocycles. The Morgan fingerprint density at radius 2 is 2.20 bits per heavy atom. The molecule has 2 aliphatic heterocycles. The molecule has 3 amide bonds. The van der Waals surface area contributed by atoms with Crippen LogP contribution in [0.2, 0.25) is 0 Å². The van der Waals surface area contributed by atoms with Crippen molar-refractivity contribution in [3.63, 3.8) is 0 Å². The highest BCUT2D eigenvalue weighted by Gasteiger charge is 2.54. The predicted octanol–water partition coefficient (Wildman–Crippen LogP) is -0.536. The van der Waals surface area contributed by atoms with E-state index in [1.807, 2.05) is 6.20 Å². The fourth-order valence-electron chi connectivity index (χ4n) is 4.06. The third-order valence-corrected chi connectivity index (χ3v) is 8.51. The van der Waals surface area contributed by atoms with Crippen LogP contribution >= 0.6 is 34.6 Å². The molecule has 6 N–H and O–H groups in total. The number of carbonyl (C=O) groups excluding carboxylic acids is 3. The molecule has 0 aliphatic carbocycles. The molecule has 2 aliphatic rings. The second-order valence-electron chi connectivity index (χ2n) is 8.21. The largest absolute Gasteiger partial charge is 0.477 e. The van der Waals surface area contributed by atoms with Crippen molar-refractivity contribution in [2.24, 2.45) is 10.9 Å². The molecule has 0 aromatic carbocycles. The van der Waals surface area contributed by atoms with E-state index in [9.17, 15) is 28.7 Å². The molecule has 1 fully saturated rings. The van der Waals surface area contributed by atoms with Crippen molar-refractivity contribution in [1.29, 1.82) is 0 Å². The first kappa shape index (κ1) is 27.2. The number of thioether (sulfide) groups is 1. The molecule has 0 unspecified atom stereocenters. The second kappa shape index (κ2) is 11.0. The van der Waals surface area contributed by atoms with Gasteiger partial charge in [0.2, 0.25) is 22.1 Å². The lowest BCUT2D eigenvalue weighted by molar-refractivity contribution is -0.685. The van der Waals surface area contributed by atoms with Crippen molar-refractivity contribution in [3.05, 3.63) is 52.8 Å². The number of nitrogens with zero attached hydrogens (tertiary/aromatic N) is 6. The maximum atomic E-state index is 13.0. The van der Waals surface area contributed by atoms with Crippen molar-refractivity contribution < 1.29 is 38.1 Å². The molecule has 40 heavy (non-hydrogen) atoms. The lowest BCUT2D eigenvalue weighted by Crippen LogP contribution is -2.71. The summed E-state index contributed by atoms with van der Waals surface area (Å²) in [6.45, 7) is -0.952. The van der Waals surface area contributed by atoms with Crippen LogP contribution in [-0.2, 0) is 25.8 Å². The summed E-state index contributed by atoms with van der Waals surface area (Å²) in [5, 5.41) is 16.7. The van der Waals surface area contributed by atoms with Crippen LogP contribution in [0.15, 0.2) is 46.5 Å². The number of aliphatic carboxylic acids is 1. The van der Waals surface area contributed by atoms with Gasteiger partial charge in [-0.3, -0.25) is 19.3 Å². The molecular weight excluding hydrogens is 589 g/mol. The zero-order valence-electron chi connectivity index (χ0n) is 20.1. The zero-order chi connectivity index (χ0) is 28.6. The number of hydrogen-bond donors (Lipinski definition) is 4. The van der Waals surface area contributed by atoms with Gasteiger partial charge >= 0.3 is 5.97 Å². The lowest BCUT2D eigenvalue weighted by Gasteiger charge is -2.49. The number of allylic oxidation sites excluding steroid dienone is 2. The van der Waals surface area contributed by atoms with E-state index in [0.29, 0.717) is 17.8 Å². The Kier molecular flexibility index (Phi) is 7.50. The first-order chi connectivity index (χ1) is 19.2. The maximum Gasteiger partial charge on any atom is 0.352 e. The molecule has 1 saturated heterocycles. The SMILES string of the molecule is NC(=O)c1csc2c[n+](CC=CC3=C(C(=O)O)N4C(=O)[C@@H](NC(=O)/C(=N\OCF)c5nsc(N)n5)[C@H]4SC3)cn12. The van der Waals surface area contributed by atoms with Crippen LogP contribution in [0.1, 0.15) is 16.3 Å². The molecule has 15 nitrogen and oxygen atoms in total. The third kappa shape index (κ3) is 5.00. The van der Waals surface area contributed by atoms with E-state index < -0.39 is 47.7 Å². The molecule has 0 spiro atoms. The minimum atomic E-state index is -1.32. The Labute approximate surface area is 235 Å². The number of aromatic nitrogens is 4. The Bertz CT molecular complexity index is 1630. The van der Waals surface area contributed by atoms with Gasteiger partial charge in [0.25, 0.3) is 30.9 Å². The Balaban J connectivity index is 1.30. The van der Waals surface area contributed by atoms with Crippen molar-refractivity contribution >= 4 is 74.0 Å². The third-order valence-electron chi connectivity index (χ3n) is 5.78. The van der Waals surface area contributed by atoms with Crippen molar-refractivity contribution in [3.8, 4) is 0 Å². The molecule has 0 saturated carbocycles. The number of rotatable bonds is 10. The average molecular weight is 609 g/mol. The first-order valence-corrected chi connectivity index (χ1v) is 13.9. The van der Waals surface area contributed by atoms with E-state index in [1.165, 1.54) is 23.1 Å². The number of nitrogen functional groups attached to an aromatic ring is 1. The van der Waals surface area contributed by atoms with Crippen molar-refractivity contribution in [1.82, 2.24) is 24.0 Å². The van der Waals surface area contributed by atoms with Gasteiger partial charge in [0, 0.05) is 22.7 Å². The number of nitrogens with one attached hydrogen (secondary N) is 1. The number of hydrogen-bond acceptors (Lipinski definition) is 12. The summed E-state index contributed by atoms with van der Waals surface area (Å²) in [5.74, 6) is -3.38. The van der Waals surface area contributed by atoms with Crippen LogP contribution in [0.3, 0.4) is 0 Å². The van der Waals surface area contributed by atoms with Gasteiger partial charge in [-0.05, 0) is 11.6 Å². The van der Waals surface area contributed by atoms with Gasteiger partial charge in [0.15, 0.2) is 5.13 Å². The molecule has 0 radical (unpaired) electrons. The van der Waals surface area contributed by atoms with Crippen LogP contribution in [0.25, 0.3) is 4.83 Å². The van der Waals surface area contributed by atoms with Crippen LogP contribution < -0.4 is 21.4 Å². The standard InChI is InChI=1S/C21H18FN9O6S3/c22-7-37-27-12(16-26-21(24)40-28-16)17(33)25-13-18(34)31-14(20(35)36)9(5-39-19(13)31)2-1-3-29-4-11-30(8-29)10(6-38-11)15(23)32/h1-2,4,6,8,13,19H,3,5,7H2,(H5-,23,24,25,26,28,32,33,35,36)/p+1/b2-1?,27-12-/t13-,19-/m1/s1. The first-order valence-electron chi connectivity index (χ1n) is 11.2. The van der Waals surface area contributed by atoms with Crippen LogP contribution in [-0.4, -0.2) is 77.2 Å². The number of thiazole rings is 1. The molecule has 2 atom stereocenters. The smallest absolute Gasteiger partial charge is 0.352 e. The number of oxime groups is 1. The molecule has 19 heteroatoms. The number of halogens is 1. The van der Waals surface area contributed by atoms with E-state index in [2.05, 4.69) is 24.7 Å². The summed E-state index contributed by atoms with van der Waals surface area (Å²) < 4.78 is 19.8. The van der Waals surface area contributed by atoms with E-state index >= 15 is 0 Å². The van der Waals surface area contributed by atoms with Gasteiger partial charge in [-0.25, -0.2) is 13.8 Å². The number of amides is 3. The van der Waals surface area contributed by atoms with Crippen LogP contribution in [0.5, 0.6) is 0 Å². The Hall–Kier alpha value is -4.36. The number of imidazole rings is 1. The van der Waals surface area contributed by atoms with Crippen LogP contribution in [0.4, 0.5) is 9.52 Å². The topological polar surface area (TPSA) is 211 Å². The molecular formula is C21H19FN9O6S3+. The van der Waals surface area contributed by atoms with E-state index in [1.54, 1.807) is 32.8 Å². The Morgan fingerprint density at radius 3 is 2.88 bits per heavy atom. The quantitative estimate of drug-likeness (QED) is 0.0999. The number of β-lactam (4-membered cyclic amide) rings is 1.